The van der Waals surface area contributed by atoms with E-state index in [-0.39, 0.29) is 36.8 Å². The summed E-state index contributed by atoms with van der Waals surface area (Å²) in [5.41, 5.74) is 4.12. The van der Waals surface area contributed by atoms with E-state index >= 15 is 0 Å². The Kier molecular flexibility index (Phi) is 10.5. The minimum Gasteiger partial charge on any atom is -0.426 e. The molecule has 0 unspecified atom stereocenters. The first-order valence-corrected chi connectivity index (χ1v) is 11.0. The highest BCUT2D eigenvalue weighted by atomic mass is 35.5. The zero-order valence-electron chi connectivity index (χ0n) is 19.9. The van der Waals surface area contributed by atoms with Gasteiger partial charge in [-0.1, -0.05) is 39.0 Å². The third-order valence-electron chi connectivity index (χ3n) is 5.41. The number of carbonyl (C=O) groups is 1. The molecular weight excluding hydrogens is 410 g/mol. The number of anilines is 1. The Morgan fingerprint density at radius 2 is 1.65 bits per heavy atom. The number of rotatable bonds is 9. The van der Waals surface area contributed by atoms with Crippen molar-refractivity contribution in [3.05, 3.63) is 59.2 Å². The van der Waals surface area contributed by atoms with E-state index in [1.54, 1.807) is 0 Å². The predicted molar refractivity (Wildman–Crippen MR) is 131 cm³/mol. The molecule has 1 atom stereocenters. The summed E-state index contributed by atoms with van der Waals surface area (Å²) in [7, 11) is 0. The van der Waals surface area contributed by atoms with Crippen LogP contribution in [-0.4, -0.2) is 23.2 Å². The number of esters is 1. The van der Waals surface area contributed by atoms with E-state index in [1.807, 2.05) is 32.0 Å². The lowest BCUT2D eigenvalue weighted by Gasteiger charge is -2.34. The van der Waals surface area contributed by atoms with Gasteiger partial charge in [-0.15, -0.1) is 12.4 Å². The lowest BCUT2D eigenvalue weighted by Crippen LogP contribution is -2.37. The Labute approximate surface area is 194 Å². The Hall–Kier alpha value is -2.04. The molecule has 172 valence electrons. The monoisotopic (exact) mass is 447 g/mol. The van der Waals surface area contributed by atoms with Gasteiger partial charge in [0, 0.05) is 29.3 Å². The molecule has 0 bridgehead atoms. The molecule has 2 aromatic carbocycles. The highest BCUT2D eigenvalue weighted by Gasteiger charge is 2.22. The molecule has 0 radical (unpaired) electrons. The number of benzene rings is 2. The van der Waals surface area contributed by atoms with Crippen LogP contribution in [0.5, 0.6) is 5.75 Å². The van der Waals surface area contributed by atoms with Crippen molar-refractivity contribution in [3.63, 3.8) is 0 Å². The third kappa shape index (κ3) is 6.72. The van der Waals surface area contributed by atoms with E-state index in [1.165, 1.54) is 11.3 Å². The summed E-state index contributed by atoms with van der Waals surface area (Å²) in [6.07, 6.45) is 0.855. The smallest absolute Gasteiger partial charge is 0.313 e. The van der Waals surface area contributed by atoms with Crippen LogP contribution in [0, 0.1) is 5.92 Å². The molecule has 0 amide bonds. The topological polar surface area (TPSA) is 49.8 Å². The van der Waals surface area contributed by atoms with Gasteiger partial charge in [-0.25, -0.2) is 0 Å². The molecule has 31 heavy (non-hydrogen) atoms. The maximum Gasteiger partial charge on any atom is 0.313 e. The lowest BCUT2D eigenvalue weighted by molar-refractivity contribution is -0.137. The van der Waals surface area contributed by atoms with Gasteiger partial charge in [0.2, 0.25) is 0 Å². The highest BCUT2D eigenvalue weighted by Crippen LogP contribution is 2.37. The van der Waals surface area contributed by atoms with Crippen LogP contribution in [0.25, 0.3) is 0 Å². The normalized spacial score (nSPS) is 12.1. The standard InChI is InChI=1S/C26H37NO3.ClH/c1-8-23(21-10-9-11-22(15-21)27(18(4)5)19(6)7)24-14-20(16-28)12-13-25(24)30-26(29)17(2)3;/h9-15,17-19,23,28H,8,16H2,1-7H3;1H/t23-;/m1./s1. The average Bonchev–Trinajstić information content (AvgIpc) is 2.69. The summed E-state index contributed by atoms with van der Waals surface area (Å²) >= 11 is 0. The highest BCUT2D eigenvalue weighted by molar-refractivity contribution is 5.85. The molecule has 4 nitrogen and oxygen atoms in total. The van der Waals surface area contributed by atoms with E-state index in [0.717, 1.165) is 17.5 Å². The molecule has 0 aromatic heterocycles. The van der Waals surface area contributed by atoms with E-state index in [9.17, 15) is 9.90 Å². The van der Waals surface area contributed by atoms with Gasteiger partial charge in [0.05, 0.1) is 12.5 Å². The molecule has 2 aromatic rings. The molecular formula is C26H38ClNO3. The fourth-order valence-corrected chi connectivity index (χ4v) is 4.02. The molecule has 0 aliphatic heterocycles. The molecule has 0 aliphatic carbocycles. The maximum atomic E-state index is 12.3. The van der Waals surface area contributed by atoms with Gasteiger partial charge in [-0.3, -0.25) is 4.79 Å². The van der Waals surface area contributed by atoms with Gasteiger partial charge >= 0.3 is 5.97 Å². The predicted octanol–water partition coefficient (Wildman–Crippen LogP) is 6.33. The van der Waals surface area contributed by atoms with Gasteiger partial charge in [-0.2, -0.15) is 0 Å². The van der Waals surface area contributed by atoms with E-state index in [4.69, 9.17) is 4.74 Å². The van der Waals surface area contributed by atoms with E-state index < -0.39 is 0 Å². The first kappa shape index (κ1) is 27.0. The lowest BCUT2D eigenvalue weighted by atomic mass is 9.87. The Morgan fingerprint density at radius 1 is 1.00 bits per heavy atom. The van der Waals surface area contributed by atoms with Gasteiger partial charge in [0.1, 0.15) is 5.75 Å². The second-order valence-electron chi connectivity index (χ2n) is 8.76. The van der Waals surface area contributed by atoms with Gasteiger partial charge < -0.3 is 14.7 Å². The molecule has 0 heterocycles. The van der Waals surface area contributed by atoms with Crippen LogP contribution in [0.2, 0.25) is 0 Å². The number of carbonyl (C=O) groups excluding carboxylic acids is 1. The molecule has 0 spiro atoms. The van der Waals surface area contributed by atoms with E-state index in [0.29, 0.717) is 17.8 Å². The summed E-state index contributed by atoms with van der Waals surface area (Å²) in [5, 5.41) is 9.67. The first-order valence-electron chi connectivity index (χ1n) is 11.0. The summed E-state index contributed by atoms with van der Waals surface area (Å²) in [6.45, 7) is 14.6. The van der Waals surface area contributed by atoms with Crippen molar-refractivity contribution in [2.24, 2.45) is 5.92 Å². The van der Waals surface area contributed by atoms with Crippen molar-refractivity contribution in [1.29, 1.82) is 0 Å². The van der Waals surface area contributed by atoms with Crippen LogP contribution in [-0.2, 0) is 11.4 Å². The molecule has 5 heteroatoms. The third-order valence-corrected chi connectivity index (χ3v) is 5.41. The summed E-state index contributed by atoms with van der Waals surface area (Å²) < 4.78 is 5.73. The molecule has 2 rings (SSSR count). The van der Waals surface area contributed by atoms with Gasteiger partial charge in [0.25, 0.3) is 0 Å². The van der Waals surface area contributed by atoms with Crippen LogP contribution < -0.4 is 9.64 Å². The Bertz CT molecular complexity index is 840. The van der Waals surface area contributed by atoms with Crippen LogP contribution in [0.1, 0.15) is 77.5 Å². The van der Waals surface area contributed by atoms with Crippen molar-refractivity contribution >= 4 is 24.1 Å². The minimum absolute atomic E-state index is 0. The summed E-state index contributed by atoms with van der Waals surface area (Å²) in [4.78, 5) is 14.7. The van der Waals surface area contributed by atoms with Crippen molar-refractivity contribution in [3.8, 4) is 5.75 Å². The molecule has 0 saturated heterocycles. The molecule has 1 N–H and O–H groups in total. The SMILES string of the molecule is CC[C@H](c1cccc(N(C(C)C)C(C)C)c1)c1cc(CO)ccc1OC(=O)C(C)C.Cl. The maximum absolute atomic E-state index is 12.3. The number of hydrogen-bond acceptors (Lipinski definition) is 4. The van der Waals surface area contributed by atoms with Crippen LogP contribution >= 0.6 is 12.4 Å². The molecule has 0 saturated carbocycles. The Morgan fingerprint density at radius 3 is 2.16 bits per heavy atom. The average molecular weight is 448 g/mol. The zero-order chi connectivity index (χ0) is 22.4. The van der Waals surface area contributed by atoms with E-state index in [2.05, 4.69) is 63.8 Å². The number of hydrogen-bond donors (Lipinski definition) is 1. The largest absolute Gasteiger partial charge is 0.426 e. The number of nitrogens with zero attached hydrogens (tertiary/aromatic N) is 1. The number of aliphatic hydroxyl groups excluding tert-OH is 1. The molecule has 0 aliphatic rings. The quantitative estimate of drug-likeness (QED) is 0.360. The number of aliphatic hydroxyl groups is 1. The van der Waals surface area contributed by atoms with Crippen LogP contribution in [0.4, 0.5) is 5.69 Å². The van der Waals surface area contributed by atoms with Crippen LogP contribution in [0.15, 0.2) is 42.5 Å². The van der Waals surface area contributed by atoms with Crippen molar-refractivity contribution in [1.82, 2.24) is 0 Å². The van der Waals surface area contributed by atoms with Crippen LogP contribution in [0.3, 0.4) is 0 Å². The number of ether oxygens (including phenoxy) is 1. The van der Waals surface area contributed by atoms with Crippen molar-refractivity contribution in [2.75, 3.05) is 4.90 Å². The number of halogens is 1. The second-order valence-corrected chi connectivity index (χ2v) is 8.76. The fraction of sp³-hybridized carbons (Fsp3) is 0.500. The minimum atomic E-state index is -0.248. The van der Waals surface area contributed by atoms with Crippen molar-refractivity contribution in [2.45, 2.75) is 79.5 Å². The Balaban J connectivity index is 0.00000480. The molecule has 0 fully saturated rings. The fourth-order valence-electron chi connectivity index (χ4n) is 4.02. The van der Waals surface area contributed by atoms with Gasteiger partial charge in [0.15, 0.2) is 0 Å². The zero-order valence-corrected chi connectivity index (χ0v) is 20.7. The summed E-state index contributed by atoms with van der Waals surface area (Å²) in [6, 6.07) is 15.0. The summed E-state index contributed by atoms with van der Waals surface area (Å²) in [5.74, 6) is 0.187. The van der Waals surface area contributed by atoms with Gasteiger partial charge in [-0.05, 0) is 69.5 Å². The second kappa shape index (κ2) is 12.1. The van der Waals surface area contributed by atoms with Crippen molar-refractivity contribution < 1.29 is 14.6 Å². The first-order chi connectivity index (χ1) is 14.2.